The summed E-state index contributed by atoms with van der Waals surface area (Å²) in [5.74, 6) is 0.0465. The van der Waals surface area contributed by atoms with E-state index in [0.29, 0.717) is 6.61 Å². The number of rotatable bonds is 15. The Kier molecular flexibility index (Phi) is 12.0. The van der Waals surface area contributed by atoms with Crippen LogP contribution in [0.25, 0.3) is 0 Å². The van der Waals surface area contributed by atoms with Gasteiger partial charge in [-0.15, -0.1) is 0 Å². The maximum Gasteiger partial charge on any atom is 0.305 e. The Balaban J connectivity index is 2.11. The van der Waals surface area contributed by atoms with Crippen molar-refractivity contribution in [1.29, 1.82) is 0 Å². The molecule has 1 atom stereocenters. The van der Waals surface area contributed by atoms with Crippen LogP contribution in [0.2, 0.25) is 0 Å². The van der Waals surface area contributed by atoms with Crippen molar-refractivity contribution < 1.29 is 14.6 Å². The van der Waals surface area contributed by atoms with Crippen molar-refractivity contribution in [3.05, 3.63) is 35.9 Å². The molecule has 0 aliphatic rings. The molecule has 0 aromatic heterocycles. The standard InChI is InChI=1S/C22H36O3/c1-19(2)13-9-6-4-3-5-7-12-16-21(17-22(23)24)25-18-20-14-10-8-11-15-20/h8,10-11,14-15,19,21H,3-7,9,12-13,16-18H2,1-2H3,(H,23,24). The van der Waals surface area contributed by atoms with Gasteiger partial charge in [-0.2, -0.15) is 0 Å². The average molecular weight is 349 g/mol. The van der Waals surface area contributed by atoms with Crippen LogP contribution in [0, 0.1) is 5.92 Å². The number of carbonyl (C=O) groups is 1. The predicted octanol–water partition coefficient (Wildman–Crippen LogP) is 6.21. The first-order valence-corrected chi connectivity index (χ1v) is 9.95. The zero-order chi connectivity index (χ0) is 18.3. The Bertz CT molecular complexity index is 442. The summed E-state index contributed by atoms with van der Waals surface area (Å²) in [5, 5.41) is 9.06. The van der Waals surface area contributed by atoms with E-state index >= 15 is 0 Å². The lowest BCUT2D eigenvalue weighted by Gasteiger charge is -2.16. The van der Waals surface area contributed by atoms with Gasteiger partial charge >= 0.3 is 5.97 Å². The number of hydrogen-bond acceptors (Lipinski definition) is 2. The molecule has 25 heavy (non-hydrogen) atoms. The smallest absolute Gasteiger partial charge is 0.305 e. The maximum absolute atomic E-state index is 11.0. The van der Waals surface area contributed by atoms with Gasteiger partial charge in [0.2, 0.25) is 0 Å². The molecule has 1 rings (SSSR count). The van der Waals surface area contributed by atoms with Gasteiger partial charge in [0.05, 0.1) is 19.1 Å². The number of benzene rings is 1. The van der Waals surface area contributed by atoms with Crippen molar-refractivity contribution >= 4 is 5.97 Å². The van der Waals surface area contributed by atoms with Crippen LogP contribution < -0.4 is 0 Å². The number of carboxylic acids is 1. The van der Waals surface area contributed by atoms with Gasteiger partial charge in [0.15, 0.2) is 0 Å². The fraction of sp³-hybridized carbons (Fsp3) is 0.682. The van der Waals surface area contributed by atoms with Gasteiger partial charge in [-0.1, -0.05) is 95.5 Å². The largest absolute Gasteiger partial charge is 0.481 e. The summed E-state index contributed by atoms with van der Waals surface area (Å²) in [4.78, 5) is 11.0. The average Bonchev–Trinajstić information content (AvgIpc) is 2.58. The van der Waals surface area contributed by atoms with Crippen LogP contribution in [0.15, 0.2) is 30.3 Å². The van der Waals surface area contributed by atoms with Crippen molar-refractivity contribution in [3.63, 3.8) is 0 Å². The molecule has 0 heterocycles. The van der Waals surface area contributed by atoms with Crippen LogP contribution in [0.4, 0.5) is 0 Å². The molecule has 3 heteroatoms. The molecule has 0 aliphatic carbocycles. The van der Waals surface area contributed by atoms with Crippen molar-refractivity contribution in [3.8, 4) is 0 Å². The normalized spacial score (nSPS) is 12.4. The zero-order valence-corrected chi connectivity index (χ0v) is 16.1. The highest BCUT2D eigenvalue weighted by Crippen LogP contribution is 2.16. The van der Waals surface area contributed by atoms with Gasteiger partial charge in [-0.3, -0.25) is 4.79 Å². The highest BCUT2D eigenvalue weighted by Gasteiger charge is 2.13. The van der Waals surface area contributed by atoms with E-state index in [1.54, 1.807) is 0 Å². The molecule has 1 aromatic rings. The molecule has 0 saturated carbocycles. The second kappa shape index (κ2) is 13.9. The summed E-state index contributed by atoms with van der Waals surface area (Å²) in [6.45, 7) is 5.06. The zero-order valence-electron chi connectivity index (χ0n) is 16.1. The van der Waals surface area contributed by atoms with E-state index in [1.165, 1.54) is 44.9 Å². The van der Waals surface area contributed by atoms with E-state index in [0.717, 1.165) is 24.3 Å². The number of carboxylic acid groups (broad SMARTS) is 1. The Morgan fingerprint density at radius 1 is 0.920 bits per heavy atom. The minimum Gasteiger partial charge on any atom is -0.481 e. The lowest BCUT2D eigenvalue weighted by molar-refractivity contribution is -0.140. The molecular formula is C22H36O3. The molecule has 3 nitrogen and oxygen atoms in total. The van der Waals surface area contributed by atoms with E-state index < -0.39 is 5.97 Å². The van der Waals surface area contributed by atoms with Gasteiger partial charge in [0.1, 0.15) is 0 Å². The number of ether oxygens (including phenoxy) is 1. The Labute approximate surface area is 153 Å². The van der Waals surface area contributed by atoms with Crippen molar-refractivity contribution in [2.45, 2.75) is 90.8 Å². The topological polar surface area (TPSA) is 46.5 Å². The summed E-state index contributed by atoms with van der Waals surface area (Å²) < 4.78 is 5.84. The van der Waals surface area contributed by atoms with E-state index in [-0.39, 0.29) is 12.5 Å². The summed E-state index contributed by atoms with van der Waals surface area (Å²) in [5.41, 5.74) is 1.10. The number of aliphatic carboxylic acids is 1. The number of unbranched alkanes of at least 4 members (excludes halogenated alkanes) is 6. The van der Waals surface area contributed by atoms with Crippen molar-refractivity contribution in [1.82, 2.24) is 0 Å². The minimum absolute atomic E-state index is 0.0992. The van der Waals surface area contributed by atoms with Crippen molar-refractivity contribution in [2.75, 3.05) is 0 Å². The lowest BCUT2D eigenvalue weighted by atomic mass is 10.0. The van der Waals surface area contributed by atoms with Gasteiger partial charge in [-0.25, -0.2) is 0 Å². The van der Waals surface area contributed by atoms with E-state index in [2.05, 4.69) is 13.8 Å². The van der Waals surface area contributed by atoms with Gasteiger partial charge in [0, 0.05) is 0 Å². The monoisotopic (exact) mass is 348 g/mol. The quantitative estimate of drug-likeness (QED) is 0.383. The summed E-state index contributed by atoms with van der Waals surface area (Å²) in [7, 11) is 0. The molecule has 1 aromatic carbocycles. The SMILES string of the molecule is CC(C)CCCCCCCCCC(CC(=O)O)OCc1ccccc1. The minimum atomic E-state index is -0.775. The molecule has 1 N–H and O–H groups in total. The van der Waals surface area contributed by atoms with Crippen LogP contribution in [-0.2, 0) is 16.1 Å². The van der Waals surface area contributed by atoms with Crippen LogP contribution >= 0.6 is 0 Å². The van der Waals surface area contributed by atoms with E-state index in [1.807, 2.05) is 30.3 Å². The fourth-order valence-electron chi connectivity index (χ4n) is 3.04. The Hall–Kier alpha value is -1.35. The van der Waals surface area contributed by atoms with E-state index in [4.69, 9.17) is 9.84 Å². The third-order valence-electron chi connectivity index (χ3n) is 4.54. The second-order valence-electron chi connectivity index (χ2n) is 7.46. The van der Waals surface area contributed by atoms with Crippen LogP contribution in [-0.4, -0.2) is 17.2 Å². The van der Waals surface area contributed by atoms with E-state index in [9.17, 15) is 4.79 Å². The summed E-state index contributed by atoms with van der Waals surface area (Å²) in [6, 6.07) is 9.95. The molecule has 0 fully saturated rings. The molecule has 142 valence electrons. The second-order valence-corrected chi connectivity index (χ2v) is 7.46. The highest BCUT2D eigenvalue weighted by atomic mass is 16.5. The lowest BCUT2D eigenvalue weighted by Crippen LogP contribution is -2.17. The summed E-state index contributed by atoms with van der Waals surface area (Å²) >= 11 is 0. The van der Waals surface area contributed by atoms with Crippen LogP contribution in [0.3, 0.4) is 0 Å². The first-order chi connectivity index (χ1) is 12.1. The molecule has 1 unspecified atom stereocenters. The molecular weight excluding hydrogens is 312 g/mol. The molecule has 0 saturated heterocycles. The van der Waals surface area contributed by atoms with Gasteiger partial charge in [-0.05, 0) is 17.9 Å². The molecule has 0 radical (unpaired) electrons. The van der Waals surface area contributed by atoms with Crippen molar-refractivity contribution in [2.24, 2.45) is 5.92 Å². The van der Waals surface area contributed by atoms with Gasteiger partial charge in [0.25, 0.3) is 0 Å². The van der Waals surface area contributed by atoms with Gasteiger partial charge < -0.3 is 9.84 Å². The third kappa shape index (κ3) is 12.6. The predicted molar refractivity (Wildman–Crippen MR) is 104 cm³/mol. The summed E-state index contributed by atoms with van der Waals surface area (Å²) in [6.07, 6.45) is 10.9. The first kappa shape index (κ1) is 21.7. The van der Waals surface area contributed by atoms with Crippen LogP contribution in [0.5, 0.6) is 0 Å². The molecule has 0 aliphatic heterocycles. The molecule has 0 bridgehead atoms. The third-order valence-corrected chi connectivity index (χ3v) is 4.54. The molecule has 0 spiro atoms. The number of hydrogen-bond donors (Lipinski definition) is 1. The Morgan fingerprint density at radius 3 is 2.04 bits per heavy atom. The van der Waals surface area contributed by atoms with Crippen LogP contribution in [0.1, 0.15) is 83.6 Å². The Morgan fingerprint density at radius 2 is 1.48 bits per heavy atom. The molecule has 0 amide bonds. The highest BCUT2D eigenvalue weighted by molar-refractivity contribution is 5.67. The first-order valence-electron chi connectivity index (χ1n) is 9.95. The fourth-order valence-corrected chi connectivity index (χ4v) is 3.04. The maximum atomic E-state index is 11.0.